The molecule has 0 spiro atoms. The standard InChI is InChI=1S/C8H8N2O/c1-10-8-3-2-7(11)4-6(8)5-9/h2-4,10-11H,1H3. The topological polar surface area (TPSA) is 56.0 Å². The summed E-state index contributed by atoms with van der Waals surface area (Å²) < 4.78 is 0. The molecule has 0 fully saturated rings. The zero-order chi connectivity index (χ0) is 8.27. The quantitative estimate of drug-likeness (QED) is 0.590. The van der Waals surface area contributed by atoms with Crippen molar-refractivity contribution in [3.8, 4) is 11.8 Å². The molecular weight excluding hydrogens is 140 g/mol. The van der Waals surface area contributed by atoms with Gasteiger partial charge in [0.05, 0.1) is 11.3 Å². The lowest BCUT2D eigenvalue weighted by molar-refractivity contribution is 0.475. The van der Waals surface area contributed by atoms with Crippen LogP contribution in [0.2, 0.25) is 0 Å². The van der Waals surface area contributed by atoms with Gasteiger partial charge >= 0.3 is 0 Å². The molecule has 11 heavy (non-hydrogen) atoms. The predicted molar refractivity (Wildman–Crippen MR) is 42.4 cm³/mol. The lowest BCUT2D eigenvalue weighted by Gasteiger charge is -2.01. The third kappa shape index (κ3) is 1.41. The van der Waals surface area contributed by atoms with Crippen molar-refractivity contribution in [1.82, 2.24) is 0 Å². The SMILES string of the molecule is CNc1ccc(O)cc1C#N. The second kappa shape index (κ2) is 2.93. The van der Waals surface area contributed by atoms with Crippen LogP contribution in [0.15, 0.2) is 18.2 Å². The Morgan fingerprint density at radius 1 is 1.55 bits per heavy atom. The van der Waals surface area contributed by atoms with Gasteiger partial charge in [-0.25, -0.2) is 0 Å². The van der Waals surface area contributed by atoms with E-state index in [2.05, 4.69) is 5.32 Å². The fourth-order valence-electron chi connectivity index (χ4n) is 0.843. The highest BCUT2D eigenvalue weighted by molar-refractivity contribution is 5.59. The van der Waals surface area contributed by atoms with E-state index in [0.29, 0.717) is 5.56 Å². The zero-order valence-electron chi connectivity index (χ0n) is 6.13. The minimum Gasteiger partial charge on any atom is -0.508 e. The summed E-state index contributed by atoms with van der Waals surface area (Å²) in [5.41, 5.74) is 1.18. The molecule has 3 heteroatoms. The highest BCUT2D eigenvalue weighted by Gasteiger charge is 1.99. The summed E-state index contributed by atoms with van der Waals surface area (Å²) in [5, 5.41) is 20.4. The van der Waals surface area contributed by atoms with Crippen molar-refractivity contribution >= 4 is 5.69 Å². The molecule has 56 valence electrons. The first-order valence-electron chi connectivity index (χ1n) is 3.19. The van der Waals surface area contributed by atoms with Crippen molar-refractivity contribution in [2.24, 2.45) is 0 Å². The molecule has 0 saturated carbocycles. The normalized spacial score (nSPS) is 8.73. The van der Waals surface area contributed by atoms with Crippen LogP contribution in [0.4, 0.5) is 5.69 Å². The maximum Gasteiger partial charge on any atom is 0.117 e. The second-order valence-electron chi connectivity index (χ2n) is 2.09. The van der Waals surface area contributed by atoms with Gasteiger partial charge in [0.1, 0.15) is 11.8 Å². The minimum absolute atomic E-state index is 0.112. The molecule has 0 aliphatic carbocycles. The Balaban J connectivity index is 3.19. The summed E-state index contributed by atoms with van der Waals surface area (Å²) in [6.07, 6.45) is 0. The molecule has 0 aliphatic heterocycles. The van der Waals surface area contributed by atoms with E-state index in [1.165, 1.54) is 12.1 Å². The maximum atomic E-state index is 8.99. The average molecular weight is 148 g/mol. The van der Waals surface area contributed by atoms with Crippen LogP contribution in [0.1, 0.15) is 5.56 Å². The Hall–Kier alpha value is -1.69. The minimum atomic E-state index is 0.112. The van der Waals surface area contributed by atoms with Gasteiger partial charge in [-0.1, -0.05) is 0 Å². The first kappa shape index (κ1) is 7.42. The first-order chi connectivity index (χ1) is 5.27. The number of nitrogens with zero attached hydrogens (tertiary/aromatic N) is 1. The van der Waals surface area contributed by atoms with Crippen LogP contribution in [0.5, 0.6) is 5.75 Å². The average Bonchev–Trinajstić information content (AvgIpc) is 2.04. The Labute approximate surface area is 64.9 Å². The maximum absolute atomic E-state index is 8.99. The Kier molecular flexibility index (Phi) is 1.98. The Morgan fingerprint density at radius 2 is 2.27 bits per heavy atom. The van der Waals surface area contributed by atoms with Crippen LogP contribution >= 0.6 is 0 Å². The number of nitrogens with one attached hydrogen (secondary N) is 1. The molecule has 2 N–H and O–H groups in total. The van der Waals surface area contributed by atoms with E-state index in [0.717, 1.165) is 5.69 Å². The first-order valence-corrected chi connectivity index (χ1v) is 3.19. The number of hydrogen-bond acceptors (Lipinski definition) is 3. The number of hydrogen-bond donors (Lipinski definition) is 2. The fraction of sp³-hybridized carbons (Fsp3) is 0.125. The number of aromatic hydroxyl groups is 1. The molecule has 0 aromatic heterocycles. The smallest absolute Gasteiger partial charge is 0.117 e. The van der Waals surface area contributed by atoms with E-state index in [1.807, 2.05) is 6.07 Å². The van der Waals surface area contributed by atoms with Crippen molar-refractivity contribution in [2.45, 2.75) is 0 Å². The zero-order valence-corrected chi connectivity index (χ0v) is 6.13. The molecule has 1 aromatic carbocycles. The van der Waals surface area contributed by atoms with E-state index in [4.69, 9.17) is 10.4 Å². The monoisotopic (exact) mass is 148 g/mol. The molecule has 0 saturated heterocycles. The van der Waals surface area contributed by atoms with E-state index >= 15 is 0 Å². The third-order valence-corrected chi connectivity index (χ3v) is 1.39. The van der Waals surface area contributed by atoms with Crippen LogP contribution in [0, 0.1) is 11.3 Å². The number of phenols is 1. The number of phenolic OH excluding ortho intramolecular Hbond substituents is 1. The van der Waals surface area contributed by atoms with Crippen molar-refractivity contribution in [2.75, 3.05) is 12.4 Å². The summed E-state index contributed by atoms with van der Waals surface area (Å²) in [7, 11) is 1.73. The van der Waals surface area contributed by atoms with E-state index < -0.39 is 0 Å². The van der Waals surface area contributed by atoms with Crippen LogP contribution in [0.25, 0.3) is 0 Å². The summed E-state index contributed by atoms with van der Waals surface area (Å²) in [6, 6.07) is 6.58. The van der Waals surface area contributed by atoms with E-state index in [-0.39, 0.29) is 5.75 Å². The Morgan fingerprint density at radius 3 is 2.82 bits per heavy atom. The summed E-state index contributed by atoms with van der Waals surface area (Å²) in [6.45, 7) is 0. The third-order valence-electron chi connectivity index (χ3n) is 1.39. The number of anilines is 1. The van der Waals surface area contributed by atoms with Crippen LogP contribution < -0.4 is 5.32 Å². The highest BCUT2D eigenvalue weighted by Crippen LogP contribution is 2.19. The Bertz CT molecular complexity index is 301. The largest absolute Gasteiger partial charge is 0.508 e. The van der Waals surface area contributed by atoms with Gasteiger partial charge in [0.2, 0.25) is 0 Å². The van der Waals surface area contributed by atoms with Crippen molar-refractivity contribution in [3.05, 3.63) is 23.8 Å². The molecule has 0 bridgehead atoms. The van der Waals surface area contributed by atoms with Gasteiger partial charge in [0, 0.05) is 7.05 Å². The lowest BCUT2D eigenvalue weighted by atomic mass is 10.2. The van der Waals surface area contributed by atoms with Crippen molar-refractivity contribution < 1.29 is 5.11 Å². The van der Waals surface area contributed by atoms with Crippen molar-refractivity contribution in [1.29, 1.82) is 5.26 Å². The number of nitriles is 1. The van der Waals surface area contributed by atoms with E-state index in [9.17, 15) is 0 Å². The molecule has 0 heterocycles. The number of benzene rings is 1. The summed E-state index contributed by atoms with van der Waals surface area (Å²) >= 11 is 0. The molecule has 0 amide bonds. The molecule has 0 atom stereocenters. The molecule has 0 aliphatic rings. The summed E-state index contributed by atoms with van der Waals surface area (Å²) in [4.78, 5) is 0. The van der Waals surface area contributed by atoms with Gasteiger partial charge in [-0.2, -0.15) is 5.26 Å². The van der Waals surface area contributed by atoms with Crippen molar-refractivity contribution in [3.63, 3.8) is 0 Å². The molecule has 0 radical (unpaired) electrons. The molecule has 1 rings (SSSR count). The van der Waals surface area contributed by atoms with Gasteiger partial charge < -0.3 is 10.4 Å². The predicted octanol–water partition coefficient (Wildman–Crippen LogP) is 1.31. The molecule has 1 aromatic rings. The van der Waals surface area contributed by atoms with Gasteiger partial charge in [-0.3, -0.25) is 0 Å². The summed E-state index contributed by atoms with van der Waals surface area (Å²) in [5.74, 6) is 0.112. The molecule has 0 unspecified atom stereocenters. The highest BCUT2D eigenvalue weighted by atomic mass is 16.3. The van der Waals surface area contributed by atoms with Gasteiger partial charge in [-0.15, -0.1) is 0 Å². The second-order valence-corrected chi connectivity index (χ2v) is 2.09. The number of rotatable bonds is 1. The van der Waals surface area contributed by atoms with Gasteiger partial charge in [-0.05, 0) is 18.2 Å². The fourth-order valence-corrected chi connectivity index (χ4v) is 0.843. The lowest BCUT2D eigenvalue weighted by Crippen LogP contribution is -1.90. The van der Waals surface area contributed by atoms with Gasteiger partial charge in [0.25, 0.3) is 0 Å². The van der Waals surface area contributed by atoms with Gasteiger partial charge in [0.15, 0.2) is 0 Å². The molecular formula is C8H8N2O. The van der Waals surface area contributed by atoms with Crippen LogP contribution in [-0.4, -0.2) is 12.2 Å². The molecule has 3 nitrogen and oxygen atoms in total. The van der Waals surface area contributed by atoms with Crippen LogP contribution in [-0.2, 0) is 0 Å². The van der Waals surface area contributed by atoms with E-state index in [1.54, 1.807) is 13.1 Å². The van der Waals surface area contributed by atoms with Crippen LogP contribution in [0.3, 0.4) is 0 Å².